The monoisotopic (exact) mass is 448 g/mol. The van der Waals surface area contributed by atoms with E-state index in [1.807, 2.05) is 38.1 Å². The lowest BCUT2D eigenvalue weighted by molar-refractivity contribution is -0.115. The van der Waals surface area contributed by atoms with Crippen LogP contribution in [0, 0.1) is 0 Å². The zero-order valence-electron chi connectivity index (χ0n) is 19.0. The average Bonchev–Trinajstić information content (AvgIpc) is 2.82. The fourth-order valence-electron chi connectivity index (χ4n) is 3.32. The van der Waals surface area contributed by atoms with Crippen molar-refractivity contribution in [1.29, 1.82) is 0 Å². The number of nitrogens with one attached hydrogen (secondary N) is 2. The standard InChI is InChI=1S/C26H28N2O5/c1-4-32-23-13-9-12-19(25(23)33-5-2)16-24(29)27-20-14-15-22(31-3)21(17-20)28-26(30)18-10-7-6-8-11-18/h6-15,17H,4-5,16H2,1-3H3,(H,27,29)(H,28,30). The first-order valence-electron chi connectivity index (χ1n) is 10.8. The van der Waals surface area contributed by atoms with Crippen molar-refractivity contribution in [1.82, 2.24) is 0 Å². The number of hydrogen-bond donors (Lipinski definition) is 2. The van der Waals surface area contributed by atoms with Gasteiger partial charge in [0.1, 0.15) is 5.75 Å². The summed E-state index contributed by atoms with van der Waals surface area (Å²) in [5.41, 5.74) is 2.23. The van der Waals surface area contributed by atoms with E-state index in [9.17, 15) is 9.59 Å². The van der Waals surface area contributed by atoms with E-state index in [-0.39, 0.29) is 18.2 Å². The molecule has 0 aliphatic heterocycles. The molecule has 0 spiro atoms. The molecule has 0 radical (unpaired) electrons. The summed E-state index contributed by atoms with van der Waals surface area (Å²) in [5, 5.41) is 5.71. The third-order valence-electron chi connectivity index (χ3n) is 4.77. The Balaban J connectivity index is 1.76. The van der Waals surface area contributed by atoms with Crippen LogP contribution in [0.25, 0.3) is 0 Å². The van der Waals surface area contributed by atoms with Gasteiger partial charge in [-0.25, -0.2) is 0 Å². The number of carbonyl (C=O) groups is 2. The number of ether oxygens (including phenoxy) is 3. The quantitative estimate of drug-likeness (QED) is 0.460. The number of anilines is 2. The molecule has 7 nitrogen and oxygen atoms in total. The van der Waals surface area contributed by atoms with Crippen molar-refractivity contribution in [2.45, 2.75) is 20.3 Å². The Labute approximate surface area is 193 Å². The maximum atomic E-state index is 12.8. The highest BCUT2D eigenvalue weighted by atomic mass is 16.5. The van der Waals surface area contributed by atoms with Crippen LogP contribution >= 0.6 is 0 Å². The second-order valence-electron chi connectivity index (χ2n) is 7.07. The van der Waals surface area contributed by atoms with Crippen LogP contribution in [-0.2, 0) is 11.2 Å². The summed E-state index contributed by atoms with van der Waals surface area (Å²) in [6.45, 7) is 4.74. The normalized spacial score (nSPS) is 10.3. The van der Waals surface area contributed by atoms with Gasteiger partial charge < -0.3 is 24.8 Å². The number of amides is 2. The molecule has 3 aromatic rings. The summed E-state index contributed by atoms with van der Waals surface area (Å²) in [7, 11) is 1.52. The zero-order chi connectivity index (χ0) is 23.6. The Bertz CT molecular complexity index is 1100. The predicted octanol–water partition coefficient (Wildman–Crippen LogP) is 4.93. The Kier molecular flexibility index (Phi) is 8.30. The first-order chi connectivity index (χ1) is 16.0. The van der Waals surface area contributed by atoms with Crippen molar-refractivity contribution in [3.63, 3.8) is 0 Å². The highest BCUT2D eigenvalue weighted by Crippen LogP contribution is 2.32. The molecule has 2 N–H and O–H groups in total. The molecule has 0 aliphatic rings. The lowest BCUT2D eigenvalue weighted by Gasteiger charge is -2.16. The lowest BCUT2D eigenvalue weighted by Crippen LogP contribution is -2.16. The summed E-state index contributed by atoms with van der Waals surface area (Å²) in [6.07, 6.45) is 0.105. The van der Waals surface area contributed by atoms with Crippen molar-refractivity contribution >= 4 is 23.2 Å². The minimum Gasteiger partial charge on any atom is -0.495 e. The molecule has 0 saturated carbocycles. The van der Waals surface area contributed by atoms with Crippen molar-refractivity contribution < 1.29 is 23.8 Å². The topological polar surface area (TPSA) is 85.9 Å². The van der Waals surface area contributed by atoms with E-state index in [0.29, 0.717) is 47.4 Å². The molecule has 2 amide bonds. The number of methoxy groups -OCH3 is 1. The number of rotatable bonds is 10. The summed E-state index contributed by atoms with van der Waals surface area (Å²) < 4.78 is 16.7. The lowest BCUT2D eigenvalue weighted by atomic mass is 10.1. The highest BCUT2D eigenvalue weighted by Gasteiger charge is 2.16. The van der Waals surface area contributed by atoms with Crippen molar-refractivity contribution in [3.8, 4) is 17.2 Å². The van der Waals surface area contributed by atoms with Gasteiger partial charge in [0.15, 0.2) is 11.5 Å². The summed E-state index contributed by atoms with van der Waals surface area (Å²) in [6, 6.07) is 19.4. The Morgan fingerprint density at radius 3 is 2.27 bits per heavy atom. The smallest absolute Gasteiger partial charge is 0.255 e. The molecule has 0 bridgehead atoms. The van der Waals surface area contributed by atoms with Gasteiger partial charge in [0.25, 0.3) is 5.91 Å². The molecule has 172 valence electrons. The van der Waals surface area contributed by atoms with Crippen molar-refractivity contribution in [2.75, 3.05) is 31.0 Å². The largest absolute Gasteiger partial charge is 0.495 e. The van der Waals surface area contributed by atoms with Crippen LogP contribution in [0.15, 0.2) is 66.7 Å². The molecule has 0 atom stereocenters. The second-order valence-corrected chi connectivity index (χ2v) is 7.07. The molecule has 3 aromatic carbocycles. The van der Waals surface area contributed by atoms with Gasteiger partial charge in [0, 0.05) is 16.8 Å². The summed E-state index contributed by atoms with van der Waals surface area (Å²) in [4.78, 5) is 25.4. The molecule has 0 aliphatic carbocycles. The van der Waals surface area contributed by atoms with Crippen LogP contribution < -0.4 is 24.8 Å². The van der Waals surface area contributed by atoms with Crippen LogP contribution in [0.1, 0.15) is 29.8 Å². The average molecular weight is 449 g/mol. The van der Waals surface area contributed by atoms with Crippen LogP contribution in [-0.4, -0.2) is 32.1 Å². The van der Waals surface area contributed by atoms with Crippen LogP contribution in [0.5, 0.6) is 17.2 Å². The molecular weight excluding hydrogens is 420 g/mol. The van der Waals surface area contributed by atoms with Gasteiger partial charge in [-0.05, 0) is 50.2 Å². The predicted molar refractivity (Wildman–Crippen MR) is 129 cm³/mol. The van der Waals surface area contributed by atoms with Gasteiger partial charge in [-0.15, -0.1) is 0 Å². The van der Waals surface area contributed by atoms with E-state index in [0.717, 1.165) is 5.56 Å². The third-order valence-corrected chi connectivity index (χ3v) is 4.77. The Hall–Kier alpha value is -4.00. The summed E-state index contributed by atoms with van der Waals surface area (Å²) in [5.74, 6) is 1.17. The molecule has 0 fully saturated rings. The Morgan fingerprint density at radius 2 is 1.58 bits per heavy atom. The number of benzene rings is 3. The van der Waals surface area contributed by atoms with E-state index >= 15 is 0 Å². The van der Waals surface area contributed by atoms with Crippen molar-refractivity contribution in [3.05, 3.63) is 77.9 Å². The van der Waals surface area contributed by atoms with E-state index in [1.165, 1.54) is 7.11 Å². The highest BCUT2D eigenvalue weighted by molar-refractivity contribution is 6.05. The second kappa shape index (κ2) is 11.6. The van der Waals surface area contributed by atoms with Crippen LogP contribution in [0.2, 0.25) is 0 Å². The van der Waals surface area contributed by atoms with Crippen LogP contribution in [0.3, 0.4) is 0 Å². The number of carbonyl (C=O) groups excluding carboxylic acids is 2. The minimum atomic E-state index is -0.272. The maximum absolute atomic E-state index is 12.8. The number of para-hydroxylation sites is 1. The fourth-order valence-corrected chi connectivity index (χ4v) is 3.32. The van der Waals surface area contributed by atoms with Gasteiger partial charge in [0.05, 0.1) is 32.4 Å². The van der Waals surface area contributed by atoms with Gasteiger partial charge in [-0.2, -0.15) is 0 Å². The van der Waals surface area contributed by atoms with E-state index in [2.05, 4.69) is 10.6 Å². The third kappa shape index (κ3) is 6.26. The molecule has 0 unspecified atom stereocenters. The molecule has 3 rings (SSSR count). The molecule has 33 heavy (non-hydrogen) atoms. The molecule has 7 heteroatoms. The van der Waals surface area contributed by atoms with Gasteiger partial charge >= 0.3 is 0 Å². The van der Waals surface area contributed by atoms with Crippen LogP contribution in [0.4, 0.5) is 11.4 Å². The minimum absolute atomic E-state index is 0.105. The first-order valence-corrected chi connectivity index (χ1v) is 10.8. The molecule has 0 saturated heterocycles. The molecule has 0 aromatic heterocycles. The Morgan fingerprint density at radius 1 is 0.818 bits per heavy atom. The SMILES string of the molecule is CCOc1cccc(CC(=O)Nc2ccc(OC)c(NC(=O)c3ccccc3)c2)c1OCC. The number of hydrogen-bond acceptors (Lipinski definition) is 5. The maximum Gasteiger partial charge on any atom is 0.255 e. The van der Waals surface area contributed by atoms with E-state index in [1.54, 1.807) is 42.5 Å². The molecule has 0 heterocycles. The van der Waals surface area contributed by atoms with Crippen molar-refractivity contribution in [2.24, 2.45) is 0 Å². The first kappa shape index (κ1) is 23.7. The zero-order valence-corrected chi connectivity index (χ0v) is 19.0. The molecular formula is C26H28N2O5. The van der Waals surface area contributed by atoms with E-state index in [4.69, 9.17) is 14.2 Å². The van der Waals surface area contributed by atoms with E-state index < -0.39 is 0 Å². The van der Waals surface area contributed by atoms with Gasteiger partial charge in [0.2, 0.25) is 5.91 Å². The summed E-state index contributed by atoms with van der Waals surface area (Å²) >= 11 is 0. The fraction of sp³-hybridized carbons (Fsp3) is 0.231. The van der Waals surface area contributed by atoms with Gasteiger partial charge in [-0.3, -0.25) is 9.59 Å². The van der Waals surface area contributed by atoms with Gasteiger partial charge in [-0.1, -0.05) is 30.3 Å².